The Bertz CT molecular complexity index is 767. The summed E-state index contributed by atoms with van der Waals surface area (Å²) in [5.41, 5.74) is 1.87. The first kappa shape index (κ1) is 21.0. The van der Waals surface area contributed by atoms with Crippen molar-refractivity contribution in [3.8, 4) is 0 Å². The molecule has 0 heterocycles. The molecule has 2 aromatic rings. The summed E-state index contributed by atoms with van der Waals surface area (Å²) in [6.45, 7) is 2.52. The molecule has 0 aliphatic rings. The van der Waals surface area contributed by atoms with Crippen LogP contribution in [0, 0.1) is 0 Å². The van der Waals surface area contributed by atoms with Gasteiger partial charge in [0.2, 0.25) is 11.8 Å². The Balaban J connectivity index is 1.90. The zero-order valence-corrected chi connectivity index (χ0v) is 17.1. The van der Waals surface area contributed by atoms with Gasteiger partial charge >= 0.3 is 0 Å². The molecule has 0 aliphatic heterocycles. The molecule has 1 atom stereocenters. The molecule has 1 N–H and O–H groups in total. The highest BCUT2D eigenvalue weighted by atomic mass is 32.2. The smallest absolute Gasteiger partial charge is 0.239 e. The van der Waals surface area contributed by atoms with Gasteiger partial charge in [0.15, 0.2) is 0 Å². The molecule has 0 spiro atoms. The number of anilines is 1. The maximum Gasteiger partial charge on any atom is 0.239 e. The minimum Gasteiger partial charge on any atom is -0.340 e. The van der Waals surface area contributed by atoms with E-state index in [1.165, 1.54) is 0 Å². The Morgan fingerprint density at radius 3 is 2.33 bits per heavy atom. The average Bonchev–Trinajstić information content (AvgIpc) is 2.67. The van der Waals surface area contributed by atoms with Crippen LogP contribution in [0.25, 0.3) is 0 Å². The van der Waals surface area contributed by atoms with Crippen molar-refractivity contribution in [3.05, 3.63) is 60.2 Å². The third kappa shape index (κ3) is 6.12. The molecule has 2 rings (SSSR count). The van der Waals surface area contributed by atoms with E-state index in [9.17, 15) is 9.59 Å². The van der Waals surface area contributed by atoms with Crippen molar-refractivity contribution in [2.75, 3.05) is 32.2 Å². The first-order chi connectivity index (χ1) is 12.9. The molecule has 0 bridgehead atoms. The second-order valence-electron chi connectivity index (χ2n) is 6.52. The lowest BCUT2D eigenvalue weighted by Crippen LogP contribution is -2.46. The summed E-state index contributed by atoms with van der Waals surface area (Å²) in [7, 11) is 3.58. The maximum absolute atomic E-state index is 12.7. The summed E-state index contributed by atoms with van der Waals surface area (Å²) >= 11 is 1.58. The lowest BCUT2D eigenvalue weighted by Gasteiger charge is -2.28. The van der Waals surface area contributed by atoms with E-state index in [4.69, 9.17) is 0 Å². The molecule has 0 fully saturated rings. The van der Waals surface area contributed by atoms with Crippen LogP contribution in [0.2, 0.25) is 0 Å². The summed E-state index contributed by atoms with van der Waals surface area (Å²) in [6.07, 6.45) is 1.97. The van der Waals surface area contributed by atoms with Crippen LogP contribution < -0.4 is 5.32 Å². The second-order valence-corrected chi connectivity index (χ2v) is 7.37. The minimum atomic E-state index is -0.389. The molecular formula is C21H27N3O2S. The van der Waals surface area contributed by atoms with E-state index in [0.717, 1.165) is 16.1 Å². The van der Waals surface area contributed by atoms with Crippen LogP contribution in [0.4, 0.5) is 5.69 Å². The van der Waals surface area contributed by atoms with Crippen molar-refractivity contribution < 1.29 is 9.59 Å². The molecule has 0 radical (unpaired) electrons. The molecule has 0 aliphatic carbocycles. The number of carbonyl (C=O) groups excluding carboxylic acids is 2. The molecule has 2 aromatic carbocycles. The Kier molecular flexibility index (Phi) is 7.88. The average molecular weight is 386 g/mol. The summed E-state index contributed by atoms with van der Waals surface area (Å²) in [5.74, 6) is -0.150. The lowest BCUT2D eigenvalue weighted by atomic mass is 10.2. The van der Waals surface area contributed by atoms with E-state index in [2.05, 4.69) is 5.32 Å². The highest BCUT2D eigenvalue weighted by Gasteiger charge is 2.23. The van der Waals surface area contributed by atoms with Gasteiger partial charge in [-0.1, -0.05) is 42.5 Å². The van der Waals surface area contributed by atoms with Crippen LogP contribution in [0.1, 0.15) is 12.5 Å². The fourth-order valence-corrected chi connectivity index (χ4v) is 3.30. The SMILES string of the molecule is CSc1ccccc1NC(=O)CN(C)[C@@H](C)C(=O)N(C)Cc1ccccc1. The number of carbonyl (C=O) groups is 2. The zero-order chi connectivity index (χ0) is 19.8. The third-order valence-electron chi connectivity index (χ3n) is 4.43. The van der Waals surface area contributed by atoms with E-state index in [0.29, 0.717) is 6.54 Å². The van der Waals surface area contributed by atoms with Gasteiger partial charge < -0.3 is 10.2 Å². The van der Waals surface area contributed by atoms with Crippen molar-refractivity contribution in [2.24, 2.45) is 0 Å². The van der Waals surface area contributed by atoms with Crippen molar-refractivity contribution in [1.29, 1.82) is 0 Å². The van der Waals surface area contributed by atoms with Gasteiger partial charge in [0, 0.05) is 18.5 Å². The van der Waals surface area contributed by atoms with Gasteiger partial charge in [-0.25, -0.2) is 0 Å². The van der Waals surface area contributed by atoms with Crippen molar-refractivity contribution in [1.82, 2.24) is 9.80 Å². The highest BCUT2D eigenvalue weighted by Crippen LogP contribution is 2.24. The van der Waals surface area contributed by atoms with Crippen LogP contribution in [0.3, 0.4) is 0 Å². The number of thioether (sulfide) groups is 1. The summed E-state index contributed by atoms with van der Waals surface area (Å²) in [6, 6.07) is 17.2. The number of nitrogens with zero attached hydrogens (tertiary/aromatic N) is 2. The molecule has 144 valence electrons. The molecule has 6 heteroatoms. The summed E-state index contributed by atoms with van der Waals surface area (Å²) in [5, 5.41) is 2.93. The molecule has 2 amide bonds. The predicted octanol–water partition coefficient (Wildman–Crippen LogP) is 3.33. The second kappa shape index (κ2) is 10.1. The Morgan fingerprint density at radius 2 is 1.67 bits per heavy atom. The molecule has 5 nitrogen and oxygen atoms in total. The first-order valence-corrected chi connectivity index (χ1v) is 10.1. The third-order valence-corrected chi connectivity index (χ3v) is 5.23. The molecule has 0 saturated carbocycles. The summed E-state index contributed by atoms with van der Waals surface area (Å²) < 4.78 is 0. The first-order valence-electron chi connectivity index (χ1n) is 8.84. The monoisotopic (exact) mass is 385 g/mol. The van der Waals surface area contributed by atoms with Gasteiger partial charge in [-0.05, 0) is 37.9 Å². The van der Waals surface area contributed by atoms with Crippen molar-refractivity contribution >= 4 is 29.3 Å². The van der Waals surface area contributed by atoms with Gasteiger partial charge in [0.25, 0.3) is 0 Å². The molecule has 0 aromatic heterocycles. The van der Waals surface area contributed by atoms with Gasteiger partial charge in [-0.2, -0.15) is 0 Å². The number of likely N-dealkylation sites (N-methyl/N-ethyl adjacent to an activating group) is 2. The fraction of sp³-hybridized carbons (Fsp3) is 0.333. The van der Waals surface area contributed by atoms with Crippen LogP contribution in [0.15, 0.2) is 59.5 Å². The maximum atomic E-state index is 12.7. The topological polar surface area (TPSA) is 52.7 Å². The molecule has 27 heavy (non-hydrogen) atoms. The quantitative estimate of drug-likeness (QED) is 0.708. The Morgan fingerprint density at radius 1 is 1.04 bits per heavy atom. The summed E-state index contributed by atoms with van der Waals surface area (Å²) in [4.78, 5) is 29.5. The number of para-hydroxylation sites is 1. The molecular weight excluding hydrogens is 358 g/mol. The fourth-order valence-electron chi connectivity index (χ4n) is 2.74. The van der Waals surface area contributed by atoms with Crippen molar-refractivity contribution in [2.45, 2.75) is 24.4 Å². The number of amides is 2. The lowest BCUT2D eigenvalue weighted by molar-refractivity contribution is -0.135. The van der Waals surface area contributed by atoms with Gasteiger partial charge in [0.05, 0.1) is 18.3 Å². The van der Waals surface area contributed by atoms with Crippen LogP contribution >= 0.6 is 11.8 Å². The predicted molar refractivity (Wildman–Crippen MR) is 112 cm³/mol. The Hall–Kier alpha value is -2.31. The van der Waals surface area contributed by atoms with E-state index in [-0.39, 0.29) is 24.4 Å². The van der Waals surface area contributed by atoms with Gasteiger partial charge in [-0.15, -0.1) is 11.8 Å². The van der Waals surface area contributed by atoms with Crippen molar-refractivity contribution in [3.63, 3.8) is 0 Å². The number of nitrogens with one attached hydrogen (secondary N) is 1. The van der Waals surface area contributed by atoms with Gasteiger partial charge in [-0.3, -0.25) is 14.5 Å². The minimum absolute atomic E-state index is 0.0151. The molecule has 0 unspecified atom stereocenters. The van der Waals surface area contributed by atoms with E-state index in [1.807, 2.05) is 67.8 Å². The largest absolute Gasteiger partial charge is 0.340 e. The Labute approximate surface area is 165 Å². The van der Waals surface area contributed by atoms with E-state index in [1.54, 1.807) is 35.7 Å². The van der Waals surface area contributed by atoms with Gasteiger partial charge in [0.1, 0.15) is 0 Å². The van der Waals surface area contributed by atoms with E-state index < -0.39 is 0 Å². The zero-order valence-electron chi connectivity index (χ0n) is 16.3. The molecule has 0 saturated heterocycles. The van der Waals surface area contributed by atoms with Crippen LogP contribution in [-0.2, 0) is 16.1 Å². The van der Waals surface area contributed by atoms with Crippen LogP contribution in [0.5, 0.6) is 0 Å². The normalized spacial score (nSPS) is 11.9. The number of hydrogen-bond acceptors (Lipinski definition) is 4. The van der Waals surface area contributed by atoms with E-state index >= 15 is 0 Å². The number of hydrogen-bond donors (Lipinski definition) is 1. The number of rotatable bonds is 8. The standard InChI is InChI=1S/C21H27N3O2S/c1-16(21(26)24(3)14-17-10-6-5-7-11-17)23(2)15-20(25)22-18-12-8-9-13-19(18)27-4/h5-13,16H,14-15H2,1-4H3,(H,22,25)/t16-/m0/s1. The highest BCUT2D eigenvalue weighted by molar-refractivity contribution is 7.98. The number of benzene rings is 2. The van der Waals surface area contributed by atoms with Crippen LogP contribution in [-0.4, -0.2) is 54.6 Å².